The predicted octanol–water partition coefficient (Wildman–Crippen LogP) is 6.26. The van der Waals surface area contributed by atoms with Crippen molar-refractivity contribution in [1.29, 1.82) is 0 Å². The first-order valence-corrected chi connectivity index (χ1v) is 12.5. The highest BCUT2D eigenvalue weighted by Crippen LogP contribution is 2.35. The number of pyridine rings is 1. The van der Waals surface area contributed by atoms with Gasteiger partial charge in [-0.05, 0) is 42.9 Å². The van der Waals surface area contributed by atoms with Crippen LogP contribution in [0.3, 0.4) is 0 Å². The second-order valence-electron chi connectivity index (χ2n) is 7.67. The van der Waals surface area contributed by atoms with Gasteiger partial charge in [-0.3, -0.25) is 9.55 Å². The topological polar surface area (TPSA) is 70.4 Å². The molecule has 0 atom stereocenters. The fraction of sp³-hybridized carbons (Fsp3) is 0.320. The summed E-state index contributed by atoms with van der Waals surface area (Å²) in [6.45, 7) is 2.16. The van der Waals surface area contributed by atoms with Gasteiger partial charge < -0.3 is 9.79 Å². The van der Waals surface area contributed by atoms with Crippen LogP contribution in [0.15, 0.2) is 66.7 Å². The Balaban J connectivity index is 1.74. The molecule has 0 aliphatic rings. The monoisotopic (exact) mass is 423 g/mol. The van der Waals surface area contributed by atoms with Gasteiger partial charge in [0, 0.05) is 23.0 Å². The molecule has 2 N–H and O–H groups in total. The van der Waals surface area contributed by atoms with Crippen LogP contribution >= 0.6 is 7.60 Å². The third-order valence-electron chi connectivity index (χ3n) is 5.31. The zero-order chi connectivity index (χ0) is 21.4. The SMILES string of the molecule is CCc1ccc(-c2ccc(CCCCCCP(=O)(O)O)nc2-c2ccccc2)cc1. The largest absolute Gasteiger partial charge is 0.325 e. The van der Waals surface area contributed by atoms with Crippen molar-refractivity contribution in [2.75, 3.05) is 6.16 Å². The summed E-state index contributed by atoms with van der Waals surface area (Å²) in [4.78, 5) is 22.9. The van der Waals surface area contributed by atoms with Crippen molar-refractivity contribution in [3.63, 3.8) is 0 Å². The molecule has 2 aromatic carbocycles. The molecule has 4 nitrogen and oxygen atoms in total. The lowest BCUT2D eigenvalue weighted by Gasteiger charge is -2.12. The molecule has 3 rings (SSSR count). The van der Waals surface area contributed by atoms with Crippen LogP contribution in [-0.2, 0) is 17.4 Å². The van der Waals surface area contributed by atoms with Gasteiger partial charge >= 0.3 is 7.60 Å². The van der Waals surface area contributed by atoms with E-state index >= 15 is 0 Å². The van der Waals surface area contributed by atoms with E-state index in [1.807, 2.05) is 18.2 Å². The maximum atomic E-state index is 10.9. The van der Waals surface area contributed by atoms with Crippen LogP contribution in [0.5, 0.6) is 0 Å². The average Bonchev–Trinajstić information content (AvgIpc) is 2.76. The van der Waals surface area contributed by atoms with Gasteiger partial charge in [0.2, 0.25) is 0 Å². The lowest BCUT2D eigenvalue weighted by atomic mass is 9.97. The Morgan fingerprint density at radius 3 is 2.17 bits per heavy atom. The average molecular weight is 423 g/mol. The number of aryl methyl sites for hydroxylation is 2. The van der Waals surface area contributed by atoms with Crippen molar-refractivity contribution in [3.8, 4) is 22.4 Å². The van der Waals surface area contributed by atoms with Crippen LogP contribution in [0.25, 0.3) is 22.4 Å². The summed E-state index contributed by atoms with van der Waals surface area (Å²) in [5.41, 5.74) is 6.78. The van der Waals surface area contributed by atoms with E-state index in [9.17, 15) is 4.57 Å². The highest BCUT2D eigenvalue weighted by Gasteiger charge is 2.12. The molecule has 0 amide bonds. The molecule has 0 aliphatic heterocycles. The van der Waals surface area contributed by atoms with E-state index in [-0.39, 0.29) is 6.16 Å². The highest BCUT2D eigenvalue weighted by atomic mass is 31.2. The number of nitrogens with zero attached hydrogens (tertiary/aromatic N) is 1. The molecule has 5 heteroatoms. The number of benzene rings is 2. The van der Waals surface area contributed by atoms with Crippen molar-refractivity contribution in [3.05, 3.63) is 78.0 Å². The third-order valence-corrected chi connectivity index (χ3v) is 6.20. The highest BCUT2D eigenvalue weighted by molar-refractivity contribution is 7.51. The minimum atomic E-state index is -3.87. The Kier molecular flexibility index (Phi) is 7.98. The molecule has 0 bridgehead atoms. The maximum absolute atomic E-state index is 10.9. The molecule has 0 saturated heterocycles. The summed E-state index contributed by atoms with van der Waals surface area (Å²) >= 11 is 0. The summed E-state index contributed by atoms with van der Waals surface area (Å²) < 4.78 is 10.9. The molecule has 3 aromatic rings. The second-order valence-corrected chi connectivity index (χ2v) is 9.44. The molecule has 0 unspecified atom stereocenters. The van der Waals surface area contributed by atoms with Crippen molar-refractivity contribution in [2.24, 2.45) is 0 Å². The molecule has 0 aliphatic carbocycles. The summed E-state index contributed by atoms with van der Waals surface area (Å²) in [6, 6.07) is 23.2. The molecule has 0 saturated carbocycles. The number of rotatable bonds is 10. The lowest BCUT2D eigenvalue weighted by molar-refractivity contribution is 0.370. The van der Waals surface area contributed by atoms with Crippen LogP contribution in [-0.4, -0.2) is 20.9 Å². The fourth-order valence-electron chi connectivity index (χ4n) is 3.59. The molecule has 0 radical (unpaired) electrons. The summed E-state index contributed by atoms with van der Waals surface area (Å²) in [7, 11) is -3.87. The number of hydrogen-bond acceptors (Lipinski definition) is 2. The van der Waals surface area contributed by atoms with Gasteiger partial charge in [-0.15, -0.1) is 0 Å². The Bertz CT molecular complexity index is 981. The second kappa shape index (κ2) is 10.7. The lowest BCUT2D eigenvalue weighted by Crippen LogP contribution is -1.97. The van der Waals surface area contributed by atoms with Gasteiger partial charge in [0.15, 0.2) is 0 Å². The number of aromatic nitrogens is 1. The summed E-state index contributed by atoms with van der Waals surface area (Å²) in [5, 5.41) is 0. The van der Waals surface area contributed by atoms with E-state index in [1.165, 1.54) is 11.1 Å². The molecule has 0 spiro atoms. The Hall–Kier alpha value is -2.26. The van der Waals surface area contributed by atoms with Crippen molar-refractivity contribution in [1.82, 2.24) is 4.98 Å². The van der Waals surface area contributed by atoms with Gasteiger partial charge in [0.05, 0.1) is 5.69 Å². The first-order chi connectivity index (χ1) is 14.5. The zero-order valence-corrected chi connectivity index (χ0v) is 18.4. The van der Waals surface area contributed by atoms with E-state index in [0.717, 1.165) is 54.6 Å². The van der Waals surface area contributed by atoms with Crippen molar-refractivity contribution < 1.29 is 14.4 Å². The smallest absolute Gasteiger partial charge is 0.324 e. The minimum absolute atomic E-state index is 0.0189. The minimum Gasteiger partial charge on any atom is -0.324 e. The van der Waals surface area contributed by atoms with Crippen molar-refractivity contribution in [2.45, 2.75) is 45.4 Å². The van der Waals surface area contributed by atoms with Crippen LogP contribution in [0.1, 0.15) is 43.9 Å². The molecule has 1 heterocycles. The van der Waals surface area contributed by atoms with Crippen LogP contribution in [0.2, 0.25) is 0 Å². The third kappa shape index (κ3) is 6.63. The van der Waals surface area contributed by atoms with Crippen LogP contribution < -0.4 is 0 Å². The fourth-order valence-corrected chi connectivity index (χ4v) is 4.22. The van der Waals surface area contributed by atoms with Crippen molar-refractivity contribution >= 4 is 7.60 Å². The number of unbranched alkanes of at least 4 members (excludes halogenated alkanes) is 3. The molecule has 30 heavy (non-hydrogen) atoms. The summed E-state index contributed by atoms with van der Waals surface area (Å²) in [6.07, 6.45) is 5.19. The Morgan fingerprint density at radius 2 is 1.50 bits per heavy atom. The molecular formula is C25H30NO3P. The Labute approximate surface area is 179 Å². The molecule has 0 fully saturated rings. The Morgan fingerprint density at radius 1 is 0.800 bits per heavy atom. The molecule has 158 valence electrons. The summed E-state index contributed by atoms with van der Waals surface area (Å²) in [5.74, 6) is 0. The van der Waals surface area contributed by atoms with Crippen LogP contribution in [0, 0.1) is 0 Å². The van der Waals surface area contributed by atoms with Gasteiger partial charge in [-0.25, -0.2) is 0 Å². The van der Waals surface area contributed by atoms with Crippen LogP contribution in [0.4, 0.5) is 0 Å². The van der Waals surface area contributed by atoms with E-state index in [2.05, 4.69) is 55.5 Å². The first kappa shape index (κ1) is 22.4. The predicted molar refractivity (Wildman–Crippen MR) is 124 cm³/mol. The molecular weight excluding hydrogens is 393 g/mol. The normalized spacial score (nSPS) is 11.6. The van der Waals surface area contributed by atoms with E-state index < -0.39 is 7.60 Å². The molecule has 1 aromatic heterocycles. The standard InChI is InChI=1S/C25H30NO3P/c1-2-20-13-15-21(16-14-20)24-18-17-23(12-8-3-4-9-19-30(27,28)29)26-25(24)22-10-6-5-7-11-22/h5-7,10-11,13-18H,2-4,8-9,12,19H2,1H3,(H2,27,28,29). The zero-order valence-electron chi connectivity index (χ0n) is 17.5. The quantitative estimate of drug-likeness (QED) is 0.298. The first-order valence-electron chi connectivity index (χ1n) is 10.7. The van der Waals surface area contributed by atoms with Gasteiger partial charge in [-0.1, -0.05) is 80.4 Å². The van der Waals surface area contributed by atoms with Gasteiger partial charge in [-0.2, -0.15) is 0 Å². The van der Waals surface area contributed by atoms with E-state index in [4.69, 9.17) is 14.8 Å². The van der Waals surface area contributed by atoms with Gasteiger partial charge in [0.1, 0.15) is 0 Å². The maximum Gasteiger partial charge on any atom is 0.325 e. The van der Waals surface area contributed by atoms with Gasteiger partial charge in [0.25, 0.3) is 0 Å². The van der Waals surface area contributed by atoms with E-state index in [1.54, 1.807) is 0 Å². The number of hydrogen-bond donors (Lipinski definition) is 2. The van der Waals surface area contributed by atoms with E-state index in [0.29, 0.717) is 6.42 Å².